The van der Waals surface area contributed by atoms with Gasteiger partial charge in [0.1, 0.15) is 0 Å². The summed E-state index contributed by atoms with van der Waals surface area (Å²) in [4.78, 5) is 29.3. The number of aryl methyl sites for hydroxylation is 1. The fourth-order valence-electron chi connectivity index (χ4n) is 3.59. The van der Waals surface area contributed by atoms with Gasteiger partial charge < -0.3 is 15.0 Å². The lowest BCUT2D eigenvalue weighted by Gasteiger charge is -2.27. The van der Waals surface area contributed by atoms with E-state index in [-0.39, 0.29) is 11.5 Å². The molecular formula is C21H20N2O3. The van der Waals surface area contributed by atoms with Crippen LogP contribution in [-0.4, -0.2) is 33.4 Å². The van der Waals surface area contributed by atoms with E-state index in [1.54, 1.807) is 18.2 Å². The Morgan fingerprint density at radius 3 is 2.54 bits per heavy atom. The predicted octanol–water partition coefficient (Wildman–Crippen LogP) is 3.63. The molecule has 1 aromatic heterocycles. The fourth-order valence-corrected chi connectivity index (χ4v) is 3.59. The van der Waals surface area contributed by atoms with E-state index in [2.05, 4.69) is 11.9 Å². The second-order valence-electron chi connectivity index (χ2n) is 6.67. The number of fused-ring (bicyclic) bond motifs is 3. The molecule has 1 aliphatic rings. The van der Waals surface area contributed by atoms with Crippen LogP contribution in [0.2, 0.25) is 0 Å². The number of aromatic carboxylic acids is 1. The Morgan fingerprint density at radius 2 is 1.85 bits per heavy atom. The molecule has 0 aliphatic carbocycles. The molecule has 132 valence electrons. The molecule has 0 saturated heterocycles. The summed E-state index contributed by atoms with van der Waals surface area (Å²) >= 11 is 0. The highest BCUT2D eigenvalue weighted by atomic mass is 16.4. The van der Waals surface area contributed by atoms with Crippen LogP contribution in [0.1, 0.15) is 44.5 Å². The summed E-state index contributed by atoms with van der Waals surface area (Å²) in [5.74, 6) is -0.927. The van der Waals surface area contributed by atoms with E-state index in [1.165, 1.54) is 5.56 Å². The first kappa shape index (κ1) is 16.4. The maximum Gasteiger partial charge on any atom is 0.335 e. The summed E-state index contributed by atoms with van der Waals surface area (Å²) in [7, 11) is 0. The van der Waals surface area contributed by atoms with E-state index in [1.807, 2.05) is 29.2 Å². The quantitative estimate of drug-likeness (QED) is 0.759. The normalized spacial score (nSPS) is 13.7. The lowest BCUT2D eigenvalue weighted by Crippen LogP contribution is -2.35. The number of carboxylic acid groups (broad SMARTS) is 1. The Labute approximate surface area is 151 Å². The molecule has 1 amide bonds. The molecule has 0 atom stereocenters. The van der Waals surface area contributed by atoms with Crippen LogP contribution in [0, 0.1) is 0 Å². The number of hydrogen-bond donors (Lipinski definition) is 2. The van der Waals surface area contributed by atoms with Gasteiger partial charge in [0.05, 0.1) is 5.56 Å². The van der Waals surface area contributed by atoms with Crippen molar-refractivity contribution in [3.63, 3.8) is 0 Å². The molecule has 0 spiro atoms. The summed E-state index contributed by atoms with van der Waals surface area (Å²) in [6, 6.07) is 12.8. The van der Waals surface area contributed by atoms with Crippen molar-refractivity contribution in [2.24, 2.45) is 0 Å². The molecule has 26 heavy (non-hydrogen) atoms. The van der Waals surface area contributed by atoms with Gasteiger partial charge in [-0.3, -0.25) is 4.79 Å². The number of hydrogen-bond acceptors (Lipinski definition) is 2. The van der Waals surface area contributed by atoms with E-state index in [0.717, 1.165) is 35.0 Å². The first-order valence-electron chi connectivity index (χ1n) is 8.82. The first-order chi connectivity index (χ1) is 12.6. The van der Waals surface area contributed by atoms with E-state index < -0.39 is 5.97 Å². The van der Waals surface area contributed by atoms with Gasteiger partial charge in [-0.15, -0.1) is 0 Å². The van der Waals surface area contributed by atoms with Gasteiger partial charge in [-0.25, -0.2) is 4.79 Å². The molecular weight excluding hydrogens is 328 g/mol. The number of carbonyl (C=O) groups is 2. The molecule has 3 aromatic rings. The van der Waals surface area contributed by atoms with Crippen LogP contribution in [0.3, 0.4) is 0 Å². The molecule has 1 aliphatic heterocycles. The van der Waals surface area contributed by atoms with Gasteiger partial charge in [-0.2, -0.15) is 0 Å². The van der Waals surface area contributed by atoms with Crippen LogP contribution >= 0.6 is 0 Å². The third-order valence-electron chi connectivity index (χ3n) is 5.12. The van der Waals surface area contributed by atoms with Gasteiger partial charge >= 0.3 is 5.97 Å². The highest BCUT2D eigenvalue weighted by Gasteiger charge is 2.25. The summed E-state index contributed by atoms with van der Waals surface area (Å²) in [5, 5.41) is 10.1. The van der Waals surface area contributed by atoms with Crippen LogP contribution in [0.15, 0.2) is 42.5 Å². The van der Waals surface area contributed by atoms with Crippen molar-refractivity contribution in [3.05, 3.63) is 70.4 Å². The highest BCUT2D eigenvalue weighted by Crippen LogP contribution is 2.29. The molecule has 4 rings (SSSR count). The number of H-pyrrole nitrogens is 1. The molecule has 5 heteroatoms. The molecule has 0 unspecified atom stereocenters. The van der Waals surface area contributed by atoms with Crippen LogP contribution < -0.4 is 0 Å². The Hall–Kier alpha value is -3.08. The third kappa shape index (κ3) is 2.75. The number of carboxylic acids is 1. The van der Waals surface area contributed by atoms with Crippen molar-refractivity contribution in [1.82, 2.24) is 9.88 Å². The summed E-state index contributed by atoms with van der Waals surface area (Å²) in [6.45, 7) is 3.23. The van der Waals surface area contributed by atoms with Crippen LogP contribution in [0.5, 0.6) is 0 Å². The number of nitrogens with one attached hydrogen (secondary N) is 1. The average Bonchev–Trinajstić information content (AvgIpc) is 3.04. The van der Waals surface area contributed by atoms with E-state index in [0.29, 0.717) is 18.7 Å². The van der Waals surface area contributed by atoms with E-state index in [9.17, 15) is 14.7 Å². The summed E-state index contributed by atoms with van der Waals surface area (Å²) < 4.78 is 0. The number of aromatic nitrogens is 1. The number of aromatic amines is 1. The molecule has 0 fully saturated rings. The van der Waals surface area contributed by atoms with Gasteiger partial charge in [0.25, 0.3) is 5.91 Å². The zero-order chi connectivity index (χ0) is 18.3. The topological polar surface area (TPSA) is 73.4 Å². The average molecular weight is 348 g/mol. The standard InChI is InChI=1S/C21H20N2O3/c1-2-13-3-5-14(6-4-13)20(24)23-10-9-19-17(12-23)16-11-15(21(25)26)7-8-18(16)22-19/h3-8,11,22H,2,9-10,12H2,1H3,(H,25,26). The second kappa shape index (κ2) is 6.33. The largest absolute Gasteiger partial charge is 0.478 e. The zero-order valence-electron chi connectivity index (χ0n) is 14.6. The lowest BCUT2D eigenvalue weighted by molar-refractivity contribution is 0.0694. The Balaban J connectivity index is 1.65. The monoisotopic (exact) mass is 348 g/mol. The summed E-state index contributed by atoms with van der Waals surface area (Å²) in [5.41, 5.74) is 5.19. The molecule has 0 saturated carbocycles. The molecule has 2 aromatic carbocycles. The molecule has 0 radical (unpaired) electrons. The minimum Gasteiger partial charge on any atom is -0.478 e. The minimum absolute atomic E-state index is 0.0158. The molecule has 2 N–H and O–H groups in total. The van der Waals surface area contributed by atoms with E-state index >= 15 is 0 Å². The van der Waals surface area contributed by atoms with Gasteiger partial charge in [0.2, 0.25) is 0 Å². The van der Waals surface area contributed by atoms with Gasteiger partial charge in [-0.05, 0) is 42.3 Å². The van der Waals surface area contributed by atoms with Crippen molar-refractivity contribution in [2.45, 2.75) is 26.3 Å². The maximum absolute atomic E-state index is 12.9. The number of nitrogens with zero attached hydrogens (tertiary/aromatic N) is 1. The SMILES string of the molecule is CCc1ccc(C(=O)N2CCc3[nH]c4ccc(C(=O)O)cc4c3C2)cc1. The third-order valence-corrected chi connectivity index (χ3v) is 5.12. The number of benzene rings is 2. The van der Waals surface area contributed by atoms with Crippen molar-refractivity contribution in [1.29, 1.82) is 0 Å². The Kier molecular flexibility index (Phi) is 3.99. The van der Waals surface area contributed by atoms with Crippen molar-refractivity contribution in [2.75, 3.05) is 6.54 Å². The Morgan fingerprint density at radius 1 is 1.12 bits per heavy atom. The number of carbonyl (C=O) groups excluding carboxylic acids is 1. The zero-order valence-corrected chi connectivity index (χ0v) is 14.6. The van der Waals surface area contributed by atoms with Gasteiger partial charge in [0, 0.05) is 47.2 Å². The molecule has 2 heterocycles. The maximum atomic E-state index is 12.9. The Bertz CT molecular complexity index is 1000. The number of amides is 1. The first-order valence-corrected chi connectivity index (χ1v) is 8.82. The highest BCUT2D eigenvalue weighted by molar-refractivity contribution is 5.97. The smallest absolute Gasteiger partial charge is 0.335 e. The summed E-state index contributed by atoms with van der Waals surface area (Å²) in [6.07, 6.45) is 1.69. The molecule has 0 bridgehead atoms. The van der Waals surface area contributed by atoms with Crippen LogP contribution in [0.25, 0.3) is 10.9 Å². The van der Waals surface area contributed by atoms with Crippen molar-refractivity contribution >= 4 is 22.8 Å². The fraction of sp³-hybridized carbons (Fsp3) is 0.238. The number of rotatable bonds is 3. The van der Waals surface area contributed by atoms with Crippen molar-refractivity contribution in [3.8, 4) is 0 Å². The minimum atomic E-state index is -0.943. The van der Waals surface area contributed by atoms with Crippen LogP contribution in [0.4, 0.5) is 0 Å². The lowest BCUT2D eigenvalue weighted by atomic mass is 10.0. The van der Waals surface area contributed by atoms with E-state index in [4.69, 9.17) is 0 Å². The van der Waals surface area contributed by atoms with Gasteiger partial charge in [-0.1, -0.05) is 19.1 Å². The van der Waals surface area contributed by atoms with Crippen molar-refractivity contribution < 1.29 is 14.7 Å². The molecule has 5 nitrogen and oxygen atoms in total. The predicted molar refractivity (Wildman–Crippen MR) is 99.5 cm³/mol. The van der Waals surface area contributed by atoms with Crippen LogP contribution in [-0.2, 0) is 19.4 Å². The second-order valence-corrected chi connectivity index (χ2v) is 6.67. The van der Waals surface area contributed by atoms with Gasteiger partial charge in [0.15, 0.2) is 0 Å².